The summed E-state index contributed by atoms with van der Waals surface area (Å²) in [6, 6.07) is 1.09. The first-order valence-electron chi connectivity index (χ1n) is 9.59. The Morgan fingerprint density at radius 2 is 1.67 bits per heavy atom. The van der Waals surface area contributed by atoms with Crippen molar-refractivity contribution in [3.05, 3.63) is 47.5 Å². The minimum Gasteiger partial charge on any atom is -0.371 e. The summed E-state index contributed by atoms with van der Waals surface area (Å²) in [6.07, 6.45) is 14.0. The highest BCUT2D eigenvalue weighted by molar-refractivity contribution is 5.31. The first-order valence-corrected chi connectivity index (χ1v) is 9.59. The molecule has 0 bridgehead atoms. The van der Waals surface area contributed by atoms with Gasteiger partial charge in [0.2, 0.25) is 0 Å². The van der Waals surface area contributed by atoms with Crippen molar-refractivity contribution in [2.45, 2.75) is 73.4 Å². The Labute approximate surface area is 149 Å². The van der Waals surface area contributed by atoms with E-state index < -0.39 is 0 Å². The Morgan fingerprint density at radius 3 is 2.25 bits per heavy atom. The lowest BCUT2D eigenvalue weighted by Gasteiger charge is -2.33. The van der Waals surface area contributed by atoms with Crippen LogP contribution in [-0.4, -0.2) is 28.4 Å². The SMILES string of the molecule is CC(C)C1=CN(C(C)C)CC(CC(C)C2=CN(C(C)C)C=CC2)=C1. The molecular weight excluding hydrogens is 292 g/mol. The number of hydrogen-bond donors (Lipinski definition) is 0. The molecule has 0 aliphatic carbocycles. The van der Waals surface area contributed by atoms with E-state index in [1.54, 1.807) is 11.1 Å². The normalized spacial score (nSPS) is 19.8. The second-order valence-corrected chi connectivity index (χ2v) is 8.29. The van der Waals surface area contributed by atoms with Gasteiger partial charge < -0.3 is 9.80 Å². The van der Waals surface area contributed by atoms with Crippen molar-refractivity contribution < 1.29 is 0 Å². The highest BCUT2D eigenvalue weighted by atomic mass is 15.1. The summed E-state index contributed by atoms with van der Waals surface area (Å²) in [4.78, 5) is 4.83. The molecule has 2 rings (SSSR count). The predicted octanol–water partition coefficient (Wildman–Crippen LogP) is 5.71. The van der Waals surface area contributed by atoms with Gasteiger partial charge in [0.1, 0.15) is 0 Å². The van der Waals surface area contributed by atoms with E-state index in [9.17, 15) is 0 Å². The molecule has 0 aromatic heterocycles. The van der Waals surface area contributed by atoms with Crippen LogP contribution >= 0.6 is 0 Å². The average Bonchev–Trinajstić information content (AvgIpc) is 2.54. The van der Waals surface area contributed by atoms with Crippen LogP contribution in [0.5, 0.6) is 0 Å². The zero-order valence-corrected chi connectivity index (χ0v) is 16.7. The van der Waals surface area contributed by atoms with Gasteiger partial charge in [-0.25, -0.2) is 0 Å². The highest BCUT2D eigenvalue weighted by Crippen LogP contribution is 2.30. The van der Waals surface area contributed by atoms with Gasteiger partial charge in [0, 0.05) is 37.2 Å². The van der Waals surface area contributed by atoms with Gasteiger partial charge in [0.05, 0.1) is 0 Å². The smallest absolute Gasteiger partial charge is 0.0389 e. The molecule has 24 heavy (non-hydrogen) atoms. The van der Waals surface area contributed by atoms with Gasteiger partial charge >= 0.3 is 0 Å². The van der Waals surface area contributed by atoms with E-state index in [1.165, 1.54) is 12.0 Å². The maximum absolute atomic E-state index is 2.49. The molecule has 0 aromatic carbocycles. The lowest BCUT2D eigenvalue weighted by atomic mass is 9.87. The number of nitrogens with zero attached hydrogens (tertiary/aromatic N) is 2. The number of rotatable bonds is 6. The minimum absolute atomic E-state index is 0.532. The zero-order chi connectivity index (χ0) is 17.9. The first kappa shape index (κ1) is 18.9. The summed E-state index contributed by atoms with van der Waals surface area (Å²) in [5.41, 5.74) is 4.61. The van der Waals surface area contributed by atoms with Gasteiger partial charge in [-0.1, -0.05) is 38.5 Å². The average molecular weight is 329 g/mol. The zero-order valence-electron chi connectivity index (χ0n) is 16.7. The van der Waals surface area contributed by atoms with Crippen LogP contribution in [0, 0.1) is 11.8 Å². The van der Waals surface area contributed by atoms with Crippen LogP contribution in [0.15, 0.2) is 47.5 Å². The van der Waals surface area contributed by atoms with Crippen LogP contribution in [-0.2, 0) is 0 Å². The number of hydrogen-bond acceptors (Lipinski definition) is 2. The maximum atomic E-state index is 2.49. The summed E-state index contributed by atoms with van der Waals surface area (Å²) in [5, 5.41) is 0. The summed E-state index contributed by atoms with van der Waals surface area (Å²) in [6.45, 7) is 17.1. The molecule has 134 valence electrons. The van der Waals surface area contributed by atoms with E-state index in [-0.39, 0.29) is 0 Å². The molecule has 0 spiro atoms. The summed E-state index contributed by atoms with van der Waals surface area (Å²) in [5.74, 6) is 1.19. The largest absolute Gasteiger partial charge is 0.371 e. The summed E-state index contributed by atoms with van der Waals surface area (Å²) < 4.78 is 0. The molecule has 2 aliphatic heterocycles. The van der Waals surface area contributed by atoms with Gasteiger partial charge in [0.25, 0.3) is 0 Å². The second kappa shape index (κ2) is 8.09. The fourth-order valence-electron chi connectivity index (χ4n) is 3.33. The van der Waals surface area contributed by atoms with Crippen molar-refractivity contribution in [2.75, 3.05) is 6.54 Å². The van der Waals surface area contributed by atoms with Crippen LogP contribution < -0.4 is 0 Å². The lowest BCUT2D eigenvalue weighted by Crippen LogP contribution is -2.31. The van der Waals surface area contributed by atoms with Gasteiger partial charge in [0.15, 0.2) is 0 Å². The molecule has 0 radical (unpaired) electrons. The third kappa shape index (κ3) is 4.78. The van der Waals surface area contributed by atoms with E-state index in [2.05, 4.69) is 89.0 Å². The molecule has 1 unspecified atom stereocenters. The Hall–Kier alpha value is -1.44. The first-order chi connectivity index (χ1) is 11.3. The molecule has 2 nitrogen and oxygen atoms in total. The van der Waals surface area contributed by atoms with Gasteiger partial charge in [-0.15, -0.1) is 0 Å². The predicted molar refractivity (Wildman–Crippen MR) is 105 cm³/mol. The fourth-order valence-corrected chi connectivity index (χ4v) is 3.33. The van der Waals surface area contributed by atoms with E-state index >= 15 is 0 Å². The van der Waals surface area contributed by atoms with Crippen LogP contribution in [0.3, 0.4) is 0 Å². The second-order valence-electron chi connectivity index (χ2n) is 8.29. The molecule has 2 aliphatic rings. The highest BCUT2D eigenvalue weighted by Gasteiger charge is 2.20. The topological polar surface area (TPSA) is 6.48 Å². The Morgan fingerprint density at radius 1 is 0.958 bits per heavy atom. The van der Waals surface area contributed by atoms with Crippen molar-refractivity contribution >= 4 is 0 Å². The van der Waals surface area contributed by atoms with Crippen LogP contribution in [0.1, 0.15) is 61.3 Å². The van der Waals surface area contributed by atoms with Crippen molar-refractivity contribution in [2.24, 2.45) is 11.8 Å². The molecule has 2 heterocycles. The molecule has 0 N–H and O–H groups in total. The van der Waals surface area contributed by atoms with Crippen LogP contribution in [0.25, 0.3) is 0 Å². The maximum Gasteiger partial charge on any atom is 0.0389 e. The third-order valence-electron chi connectivity index (χ3n) is 5.14. The standard InChI is InChI=1S/C22H36N2/c1-16(2)22-12-20(13-24(15-22)18(5)6)11-19(7)21-9-8-10-23(14-21)17(3)4/h8,10,12,14-19H,9,11,13H2,1-7H3. The molecule has 0 amide bonds. The van der Waals surface area contributed by atoms with Crippen LogP contribution in [0.2, 0.25) is 0 Å². The quantitative estimate of drug-likeness (QED) is 0.616. The summed E-state index contributed by atoms with van der Waals surface area (Å²) in [7, 11) is 0. The molecule has 0 aromatic rings. The Balaban J connectivity index is 2.10. The van der Waals surface area contributed by atoms with Crippen molar-refractivity contribution in [1.29, 1.82) is 0 Å². The van der Waals surface area contributed by atoms with E-state index in [4.69, 9.17) is 0 Å². The lowest BCUT2D eigenvalue weighted by molar-refractivity contribution is 0.320. The van der Waals surface area contributed by atoms with Crippen LogP contribution in [0.4, 0.5) is 0 Å². The third-order valence-corrected chi connectivity index (χ3v) is 5.14. The number of allylic oxidation sites excluding steroid dienone is 4. The molecular formula is C22H36N2. The monoisotopic (exact) mass is 328 g/mol. The van der Waals surface area contributed by atoms with Gasteiger partial charge in [-0.2, -0.15) is 0 Å². The van der Waals surface area contributed by atoms with E-state index in [1.807, 2.05) is 0 Å². The molecule has 1 atom stereocenters. The Bertz CT molecular complexity index is 546. The molecule has 0 saturated carbocycles. The van der Waals surface area contributed by atoms with E-state index in [0.29, 0.717) is 23.9 Å². The molecule has 0 saturated heterocycles. The van der Waals surface area contributed by atoms with Crippen molar-refractivity contribution in [3.8, 4) is 0 Å². The fraction of sp³-hybridized carbons (Fsp3) is 0.636. The molecule has 0 fully saturated rings. The van der Waals surface area contributed by atoms with E-state index in [0.717, 1.165) is 13.0 Å². The van der Waals surface area contributed by atoms with Gasteiger partial charge in [-0.05, 0) is 63.5 Å². The molecule has 2 heteroatoms. The minimum atomic E-state index is 0.532. The Kier molecular flexibility index (Phi) is 6.37. The van der Waals surface area contributed by atoms with Crippen molar-refractivity contribution in [3.63, 3.8) is 0 Å². The van der Waals surface area contributed by atoms with Crippen molar-refractivity contribution in [1.82, 2.24) is 9.80 Å². The van der Waals surface area contributed by atoms with Gasteiger partial charge in [-0.3, -0.25) is 0 Å². The summed E-state index contributed by atoms with van der Waals surface area (Å²) >= 11 is 0.